The van der Waals surface area contributed by atoms with Gasteiger partial charge in [-0.25, -0.2) is 10.8 Å². The molecular formula is C13H16N4. The van der Waals surface area contributed by atoms with E-state index in [1.807, 2.05) is 18.2 Å². The smallest absolute Gasteiger partial charge is 0.142 e. The molecule has 0 fully saturated rings. The number of aryl methyl sites for hydroxylation is 2. The Morgan fingerprint density at radius 2 is 1.82 bits per heavy atom. The zero-order valence-corrected chi connectivity index (χ0v) is 9.99. The Hall–Kier alpha value is -2.07. The van der Waals surface area contributed by atoms with Crippen LogP contribution >= 0.6 is 0 Å². The van der Waals surface area contributed by atoms with Crippen LogP contribution in [0.25, 0.3) is 0 Å². The lowest BCUT2D eigenvalue weighted by Gasteiger charge is -2.10. The maximum absolute atomic E-state index is 5.33. The number of benzene rings is 1. The highest BCUT2D eigenvalue weighted by molar-refractivity contribution is 5.62. The number of nitrogens with zero attached hydrogens (tertiary/aromatic N) is 1. The van der Waals surface area contributed by atoms with Crippen LogP contribution in [0, 0.1) is 13.8 Å². The molecule has 4 nitrogen and oxygen atoms in total. The second-order valence-corrected chi connectivity index (χ2v) is 4.00. The van der Waals surface area contributed by atoms with Crippen molar-refractivity contribution in [3.63, 3.8) is 0 Å². The van der Waals surface area contributed by atoms with Gasteiger partial charge in [0.25, 0.3) is 0 Å². The minimum atomic E-state index is 0.639. The van der Waals surface area contributed by atoms with Gasteiger partial charge in [0, 0.05) is 5.69 Å². The van der Waals surface area contributed by atoms with Gasteiger partial charge in [0.15, 0.2) is 0 Å². The molecule has 2 rings (SSSR count). The number of anilines is 3. The van der Waals surface area contributed by atoms with E-state index in [0.717, 1.165) is 11.5 Å². The normalized spacial score (nSPS) is 10.1. The summed E-state index contributed by atoms with van der Waals surface area (Å²) >= 11 is 0. The van der Waals surface area contributed by atoms with Gasteiger partial charge in [0.2, 0.25) is 0 Å². The van der Waals surface area contributed by atoms with Gasteiger partial charge in [-0.3, -0.25) is 0 Å². The lowest BCUT2D eigenvalue weighted by Crippen LogP contribution is -2.09. The molecule has 4 N–H and O–H groups in total. The van der Waals surface area contributed by atoms with Gasteiger partial charge in [-0.1, -0.05) is 18.2 Å². The third-order valence-electron chi connectivity index (χ3n) is 2.55. The van der Waals surface area contributed by atoms with Crippen LogP contribution in [0.15, 0.2) is 36.4 Å². The maximum atomic E-state index is 5.33. The molecule has 0 aliphatic rings. The first-order valence-electron chi connectivity index (χ1n) is 5.47. The minimum absolute atomic E-state index is 0.639. The fourth-order valence-electron chi connectivity index (χ4n) is 1.59. The predicted octanol–water partition coefficient (Wildman–Crippen LogP) is 2.73. The van der Waals surface area contributed by atoms with E-state index < -0.39 is 0 Å². The summed E-state index contributed by atoms with van der Waals surface area (Å²) in [5, 5.41) is 3.28. The third-order valence-corrected chi connectivity index (χ3v) is 2.55. The second kappa shape index (κ2) is 4.84. The third kappa shape index (κ3) is 2.73. The molecule has 2 aromatic rings. The Morgan fingerprint density at radius 1 is 1.06 bits per heavy atom. The van der Waals surface area contributed by atoms with Crippen LogP contribution in [0.1, 0.15) is 11.1 Å². The van der Waals surface area contributed by atoms with Crippen LogP contribution in [-0.4, -0.2) is 4.98 Å². The highest BCUT2D eigenvalue weighted by atomic mass is 15.3. The SMILES string of the molecule is Cc1ccc(C)c(Nc2cccc(NN)n2)c1. The van der Waals surface area contributed by atoms with Crippen molar-refractivity contribution in [1.82, 2.24) is 4.98 Å². The van der Waals surface area contributed by atoms with Crippen molar-refractivity contribution < 1.29 is 0 Å². The van der Waals surface area contributed by atoms with Crippen LogP contribution in [0.4, 0.5) is 17.3 Å². The first kappa shape index (κ1) is 11.4. The molecule has 1 heterocycles. The van der Waals surface area contributed by atoms with Gasteiger partial charge < -0.3 is 10.7 Å². The van der Waals surface area contributed by atoms with Crippen LogP contribution < -0.4 is 16.6 Å². The number of rotatable bonds is 3. The number of nitrogens with one attached hydrogen (secondary N) is 2. The first-order chi connectivity index (χ1) is 8.19. The molecule has 1 aromatic carbocycles. The van der Waals surface area contributed by atoms with Crippen molar-refractivity contribution in [1.29, 1.82) is 0 Å². The molecular weight excluding hydrogens is 212 g/mol. The summed E-state index contributed by atoms with van der Waals surface area (Å²) in [6, 6.07) is 11.9. The Kier molecular flexibility index (Phi) is 3.25. The number of nitrogen functional groups attached to an aromatic ring is 1. The van der Waals surface area contributed by atoms with E-state index in [2.05, 4.69) is 47.8 Å². The average molecular weight is 228 g/mol. The van der Waals surface area contributed by atoms with Crippen LogP contribution in [0.2, 0.25) is 0 Å². The van der Waals surface area contributed by atoms with E-state index in [9.17, 15) is 0 Å². The summed E-state index contributed by atoms with van der Waals surface area (Å²) in [5.74, 6) is 6.74. The number of pyridine rings is 1. The maximum Gasteiger partial charge on any atom is 0.142 e. The van der Waals surface area contributed by atoms with Gasteiger partial charge in [0.05, 0.1) is 0 Å². The van der Waals surface area contributed by atoms with Crippen LogP contribution in [0.3, 0.4) is 0 Å². The summed E-state index contributed by atoms with van der Waals surface area (Å²) < 4.78 is 0. The molecule has 88 valence electrons. The predicted molar refractivity (Wildman–Crippen MR) is 71.2 cm³/mol. The van der Waals surface area contributed by atoms with Crippen LogP contribution in [-0.2, 0) is 0 Å². The van der Waals surface area contributed by atoms with Gasteiger partial charge in [-0.05, 0) is 43.2 Å². The van der Waals surface area contributed by atoms with Gasteiger partial charge >= 0.3 is 0 Å². The second-order valence-electron chi connectivity index (χ2n) is 4.00. The lowest BCUT2D eigenvalue weighted by atomic mass is 10.1. The molecule has 0 radical (unpaired) electrons. The number of aromatic nitrogens is 1. The van der Waals surface area contributed by atoms with Crippen molar-refractivity contribution >= 4 is 17.3 Å². The molecule has 1 aromatic heterocycles. The van der Waals surface area contributed by atoms with Gasteiger partial charge in [0.1, 0.15) is 11.6 Å². The van der Waals surface area contributed by atoms with E-state index in [-0.39, 0.29) is 0 Å². The topological polar surface area (TPSA) is 63.0 Å². The van der Waals surface area contributed by atoms with Crippen molar-refractivity contribution in [3.8, 4) is 0 Å². The molecule has 0 spiro atoms. The molecule has 0 unspecified atom stereocenters. The number of hydrogen-bond acceptors (Lipinski definition) is 4. The zero-order valence-electron chi connectivity index (χ0n) is 9.99. The van der Waals surface area contributed by atoms with E-state index >= 15 is 0 Å². The Bertz CT molecular complexity index is 523. The van der Waals surface area contributed by atoms with E-state index in [4.69, 9.17) is 5.84 Å². The summed E-state index contributed by atoms with van der Waals surface area (Å²) in [6.07, 6.45) is 0. The fraction of sp³-hybridized carbons (Fsp3) is 0.154. The number of nitrogens with two attached hydrogens (primary N) is 1. The van der Waals surface area contributed by atoms with Gasteiger partial charge in [-0.2, -0.15) is 0 Å². The molecule has 0 bridgehead atoms. The molecule has 17 heavy (non-hydrogen) atoms. The minimum Gasteiger partial charge on any atom is -0.340 e. The van der Waals surface area contributed by atoms with Crippen molar-refractivity contribution in [2.75, 3.05) is 10.7 Å². The molecule has 0 aliphatic heterocycles. The summed E-state index contributed by atoms with van der Waals surface area (Å²) in [4.78, 5) is 4.31. The van der Waals surface area contributed by atoms with E-state index in [1.54, 1.807) is 0 Å². The van der Waals surface area contributed by atoms with E-state index in [1.165, 1.54) is 11.1 Å². The zero-order chi connectivity index (χ0) is 12.3. The monoisotopic (exact) mass is 228 g/mol. The average Bonchev–Trinajstić information content (AvgIpc) is 2.34. The standard InChI is InChI=1S/C13H16N4/c1-9-6-7-10(2)11(8-9)15-12-4-3-5-13(16-12)17-14/h3-8H,14H2,1-2H3,(H2,15,16,17). The Balaban J connectivity index is 2.27. The van der Waals surface area contributed by atoms with Crippen molar-refractivity contribution in [2.45, 2.75) is 13.8 Å². The van der Waals surface area contributed by atoms with Crippen molar-refractivity contribution in [2.24, 2.45) is 5.84 Å². The molecule has 4 heteroatoms. The van der Waals surface area contributed by atoms with Gasteiger partial charge in [-0.15, -0.1) is 0 Å². The lowest BCUT2D eigenvalue weighted by molar-refractivity contribution is 1.22. The van der Waals surface area contributed by atoms with Crippen LogP contribution in [0.5, 0.6) is 0 Å². The molecule has 0 amide bonds. The Labute approximate surface area is 101 Å². The fourth-order valence-corrected chi connectivity index (χ4v) is 1.59. The van der Waals surface area contributed by atoms with E-state index in [0.29, 0.717) is 5.82 Å². The Morgan fingerprint density at radius 3 is 2.59 bits per heavy atom. The molecule has 0 saturated heterocycles. The summed E-state index contributed by atoms with van der Waals surface area (Å²) in [6.45, 7) is 4.13. The largest absolute Gasteiger partial charge is 0.340 e. The highest BCUT2D eigenvalue weighted by Crippen LogP contribution is 2.21. The number of hydrogen-bond donors (Lipinski definition) is 3. The quantitative estimate of drug-likeness (QED) is 0.558. The highest BCUT2D eigenvalue weighted by Gasteiger charge is 2.01. The summed E-state index contributed by atoms with van der Waals surface area (Å²) in [7, 11) is 0. The summed E-state index contributed by atoms with van der Waals surface area (Å²) in [5.41, 5.74) is 5.99. The molecule has 0 aliphatic carbocycles. The van der Waals surface area contributed by atoms with Crippen molar-refractivity contribution in [3.05, 3.63) is 47.5 Å². The first-order valence-corrected chi connectivity index (χ1v) is 5.47. The molecule has 0 atom stereocenters. The number of hydrazine groups is 1. The molecule has 0 saturated carbocycles.